The van der Waals surface area contributed by atoms with Crippen LogP contribution in [0.15, 0.2) is 113 Å². The number of alkyl halides is 5. The molecular weight excluding hydrogens is 1390 g/mol. The van der Waals surface area contributed by atoms with E-state index in [1.807, 2.05) is 98.7 Å². The highest BCUT2D eigenvalue weighted by Crippen LogP contribution is 2.22. The normalized spacial score (nSPS) is 15.5. The van der Waals surface area contributed by atoms with Crippen molar-refractivity contribution in [3.63, 3.8) is 0 Å². The summed E-state index contributed by atoms with van der Waals surface area (Å²) in [5.41, 5.74) is 5.85. The van der Waals surface area contributed by atoms with Crippen LogP contribution in [0.4, 0.5) is 0 Å². The minimum atomic E-state index is -0.294. The topological polar surface area (TPSA) is 128 Å². The Kier molecular flexibility index (Phi) is 49.1. The largest absolute Gasteiger partial charge is 0.494 e. The molecule has 0 N–H and O–H groups in total. The maximum absolute atomic E-state index is 11.3. The van der Waals surface area contributed by atoms with E-state index in [0.29, 0.717) is 53.7 Å². The molecule has 3 saturated heterocycles. The third-order valence-electron chi connectivity index (χ3n) is 14.1. The maximum atomic E-state index is 11.3. The molecule has 19 heteroatoms. The second-order valence-electron chi connectivity index (χ2n) is 25.6. The van der Waals surface area contributed by atoms with Crippen molar-refractivity contribution in [3.8, 4) is 35.8 Å². The molecule has 3 heterocycles. The fourth-order valence-electron chi connectivity index (χ4n) is 9.30. The van der Waals surface area contributed by atoms with Crippen LogP contribution in [-0.4, -0.2) is 168 Å². The lowest BCUT2D eigenvalue weighted by Gasteiger charge is -2.27. The van der Waals surface area contributed by atoms with E-state index in [1.54, 1.807) is 24.3 Å². The van der Waals surface area contributed by atoms with E-state index in [0.717, 1.165) is 141 Å². The number of halogens is 5. The summed E-state index contributed by atoms with van der Waals surface area (Å²) < 4.78 is 22.6. The first kappa shape index (κ1) is 90.4. The number of benzene rings is 4. The standard InChI is InChI=1S/C25H41N3O2.C20H31ClN2O2.C15H21BrClNO2.C11H12BrClO2.C2H2.3CH4/c1-21-10-8-17-28(21)18-9-19-29-23-13-11-22(12-14-23)24(26-30-25(2,3)4)20-27-15-6-5-7-16-27;1-20(2,3)25-22-19(16-23-13-5-4-6-14-23)17-8-10-18(11-9-17)24-15-7-12-21;1-15(2,3)20-18-14(11-16)12-5-7-13(8-6-12)19-10-4-9-17;12-8-11(14)9-2-4-10(5-3-9)15-7-1-6-13;1-2;;;/h11-14,21H,5-10,15-20H2,1-4H3;8-11H,4-7,12-16H2,1-3H3;5-8H,4,9-11H2,1-3H3;2-5H,1,6-8H2;1-2H;3*1H4/b26-24+;22-19+;18-14+;;;;;/t21-;;;;;;;/m1......./s1. The molecule has 0 aromatic heterocycles. The molecule has 3 fully saturated rings. The first-order chi connectivity index (χ1) is 44.1. The van der Waals surface area contributed by atoms with Crippen molar-refractivity contribution in [2.75, 3.05) is 107 Å². The Labute approximate surface area is 607 Å². The number of carbonyl (C=O) groups excluding carboxylic acids is 1. The zero-order chi connectivity index (χ0) is 67.6. The monoisotopic (exact) mass is 1510 g/mol. The lowest BCUT2D eigenvalue weighted by Crippen LogP contribution is -2.35. The number of nitrogens with zero attached hydrogens (tertiary/aromatic N) is 6. The predicted octanol–water partition coefficient (Wildman–Crippen LogP) is 19.7. The van der Waals surface area contributed by atoms with Crippen molar-refractivity contribution in [3.05, 3.63) is 119 Å². The summed E-state index contributed by atoms with van der Waals surface area (Å²) in [5.74, 6) is 5.31. The van der Waals surface area contributed by atoms with Gasteiger partial charge < -0.3 is 38.4 Å². The van der Waals surface area contributed by atoms with Crippen LogP contribution in [0.25, 0.3) is 0 Å². The molecule has 0 amide bonds. The van der Waals surface area contributed by atoms with E-state index in [-0.39, 0.29) is 44.9 Å². The van der Waals surface area contributed by atoms with E-state index < -0.39 is 0 Å². The van der Waals surface area contributed by atoms with E-state index in [9.17, 15) is 4.79 Å². The number of piperidine rings is 2. The van der Waals surface area contributed by atoms with Gasteiger partial charge in [-0.15, -0.1) is 47.6 Å². The van der Waals surface area contributed by atoms with Gasteiger partial charge in [0.25, 0.3) is 0 Å². The molecule has 4 aromatic carbocycles. The zero-order valence-electron chi connectivity index (χ0n) is 56.8. The number of ether oxygens (including phenoxy) is 4. The van der Waals surface area contributed by atoms with Crippen LogP contribution < -0.4 is 18.9 Å². The van der Waals surface area contributed by atoms with Gasteiger partial charge in [-0.25, -0.2) is 0 Å². The van der Waals surface area contributed by atoms with Crippen molar-refractivity contribution in [2.24, 2.45) is 15.5 Å². The average molecular weight is 1510 g/mol. The van der Waals surface area contributed by atoms with Gasteiger partial charge in [-0.3, -0.25) is 14.6 Å². The highest BCUT2D eigenvalue weighted by molar-refractivity contribution is 9.09. The van der Waals surface area contributed by atoms with Crippen LogP contribution >= 0.6 is 66.7 Å². The Morgan fingerprint density at radius 2 is 0.758 bits per heavy atom. The number of rotatable bonds is 30. The number of hydrogen-bond acceptors (Lipinski definition) is 14. The van der Waals surface area contributed by atoms with E-state index in [2.05, 4.69) is 118 Å². The molecule has 1 atom stereocenters. The molecule has 3 aliphatic rings. The first-order valence-corrected chi connectivity index (χ1v) is 36.5. The molecule has 7 rings (SSSR count). The summed E-state index contributed by atoms with van der Waals surface area (Å²) in [6.07, 6.45) is 22.0. The first-order valence-electron chi connectivity index (χ1n) is 32.6. The summed E-state index contributed by atoms with van der Waals surface area (Å²) in [4.78, 5) is 35.7. The highest BCUT2D eigenvalue weighted by atomic mass is 79.9. The molecule has 0 spiro atoms. The molecule has 0 radical (unpaired) electrons. The second-order valence-corrected chi connectivity index (χ2v) is 27.8. The lowest BCUT2D eigenvalue weighted by molar-refractivity contribution is 0.0000769. The van der Waals surface area contributed by atoms with Crippen molar-refractivity contribution in [1.29, 1.82) is 0 Å². The van der Waals surface area contributed by atoms with Crippen molar-refractivity contribution >= 4 is 89.6 Å². The SMILES string of the molecule is C.C.C.C#C.CC(C)(C)O/N=C(\CBr)c1ccc(OCCCCl)cc1.CC(C)(C)O/N=C(\CN1CCCCC1)c1ccc(OCCCCl)cc1.C[C@@H]1CCCN1CCCOc1ccc(/C(CN2CCCCC2)=N/OC(C)(C)C)cc1.O=C(CBr)c1ccc(OCCCCl)cc1. The summed E-state index contributed by atoms with van der Waals surface area (Å²) in [6, 6.07) is 32.1. The average Bonchev–Trinajstić information content (AvgIpc) is 1.53. The molecule has 14 nitrogen and oxygen atoms in total. The van der Waals surface area contributed by atoms with E-state index in [4.69, 9.17) is 68.3 Å². The third kappa shape index (κ3) is 40.8. The van der Waals surface area contributed by atoms with Crippen molar-refractivity contribution in [2.45, 2.75) is 191 Å². The summed E-state index contributed by atoms with van der Waals surface area (Å²) in [5, 5.41) is 14.2. The Hall–Kier alpha value is -4.57. The van der Waals surface area contributed by atoms with Gasteiger partial charge in [-0.1, -0.05) is 82.4 Å². The second kappa shape index (κ2) is 51.6. The highest BCUT2D eigenvalue weighted by Gasteiger charge is 2.21. The summed E-state index contributed by atoms with van der Waals surface area (Å²) in [7, 11) is 0. The zero-order valence-corrected chi connectivity index (χ0v) is 62.3. The van der Waals surface area contributed by atoms with Gasteiger partial charge in [0.05, 0.1) is 37.5 Å². The number of terminal acetylenes is 1. The minimum Gasteiger partial charge on any atom is -0.494 e. The van der Waals surface area contributed by atoms with Crippen molar-refractivity contribution < 1.29 is 38.3 Å². The lowest BCUT2D eigenvalue weighted by atomic mass is 10.1. The molecular formula is C76H119Br2Cl3N6O8. The Bertz CT molecular complexity index is 2710. The number of carbonyl (C=O) groups is 1. The fraction of sp³-hybridized carbons (Fsp3) is 0.605. The quantitative estimate of drug-likeness (QED) is 0.0124. The number of ketones is 1. The van der Waals surface area contributed by atoms with Gasteiger partial charge in [-0.05, 0) is 263 Å². The molecule has 3 aliphatic heterocycles. The molecule has 536 valence electrons. The minimum absolute atomic E-state index is 0. The number of Topliss-reactive ketones (excluding diaryl/α,β-unsaturated/α-hetero) is 1. The van der Waals surface area contributed by atoms with Crippen LogP contribution in [0, 0.1) is 12.8 Å². The van der Waals surface area contributed by atoms with Gasteiger partial charge in [0.1, 0.15) is 51.2 Å². The summed E-state index contributed by atoms with van der Waals surface area (Å²) in [6.45, 7) is 31.6. The van der Waals surface area contributed by atoms with Gasteiger partial charge in [0, 0.05) is 70.9 Å². The molecule has 95 heavy (non-hydrogen) atoms. The molecule has 0 aliphatic carbocycles. The van der Waals surface area contributed by atoms with E-state index in [1.165, 1.54) is 57.9 Å². The van der Waals surface area contributed by atoms with Crippen molar-refractivity contribution in [1.82, 2.24) is 14.7 Å². The van der Waals surface area contributed by atoms with Gasteiger partial charge in [0.15, 0.2) is 5.78 Å². The third-order valence-corrected chi connectivity index (χ3v) is 16.0. The van der Waals surface area contributed by atoms with Crippen LogP contribution in [0.1, 0.15) is 196 Å². The molecule has 4 aromatic rings. The molecule has 0 saturated carbocycles. The number of hydrogen-bond donors (Lipinski definition) is 0. The van der Waals surface area contributed by atoms with Crippen LogP contribution in [0.2, 0.25) is 0 Å². The fourth-order valence-corrected chi connectivity index (χ4v) is 10.4. The van der Waals surface area contributed by atoms with Gasteiger partial charge in [0.2, 0.25) is 0 Å². The van der Waals surface area contributed by atoms with Crippen LogP contribution in [0.5, 0.6) is 23.0 Å². The van der Waals surface area contributed by atoms with Gasteiger partial charge in [-0.2, -0.15) is 0 Å². The maximum Gasteiger partial charge on any atom is 0.173 e. The van der Waals surface area contributed by atoms with Crippen LogP contribution in [0.3, 0.4) is 0 Å². The Morgan fingerprint density at radius 1 is 0.453 bits per heavy atom. The van der Waals surface area contributed by atoms with Gasteiger partial charge >= 0.3 is 0 Å². The van der Waals surface area contributed by atoms with Crippen LogP contribution in [-0.2, 0) is 14.5 Å². The molecule has 0 unspecified atom stereocenters. The number of oxime groups is 3. The predicted molar refractivity (Wildman–Crippen MR) is 413 cm³/mol. The Morgan fingerprint density at radius 3 is 1.04 bits per heavy atom. The summed E-state index contributed by atoms with van der Waals surface area (Å²) >= 11 is 23.4. The smallest absolute Gasteiger partial charge is 0.173 e. The molecule has 0 bridgehead atoms. The number of likely N-dealkylation sites (tertiary alicyclic amines) is 3. The van der Waals surface area contributed by atoms with E-state index >= 15 is 0 Å². The Balaban J connectivity index is 0.00000125.